The van der Waals surface area contributed by atoms with E-state index in [0.717, 1.165) is 0 Å². The summed E-state index contributed by atoms with van der Waals surface area (Å²) in [7, 11) is -3.69. The number of rotatable bonds is 6. The monoisotopic (exact) mass is 406 g/mol. The Hall–Kier alpha value is -1.31. The summed E-state index contributed by atoms with van der Waals surface area (Å²) in [6.07, 6.45) is -0.0498. The molecular weight excluding hydrogens is 395 g/mol. The number of hydrogen-bond donors (Lipinski definition) is 2. The van der Waals surface area contributed by atoms with Gasteiger partial charge in [0.25, 0.3) is 0 Å². The van der Waals surface area contributed by atoms with Gasteiger partial charge in [-0.3, -0.25) is 4.79 Å². The molecule has 0 aliphatic rings. The lowest BCUT2D eigenvalue weighted by atomic mass is 10.3. The molecule has 128 valence electrons. The van der Waals surface area contributed by atoms with Crippen molar-refractivity contribution >= 4 is 56.4 Å². The van der Waals surface area contributed by atoms with Gasteiger partial charge in [-0.2, -0.15) is 0 Å². The normalized spacial score (nSPS) is 11.3. The van der Waals surface area contributed by atoms with Crippen LogP contribution in [0.4, 0.5) is 5.69 Å². The van der Waals surface area contributed by atoms with Gasteiger partial charge in [0.15, 0.2) is 0 Å². The number of sulfonamides is 1. The molecular formula is C15H13Cl3N2O3S. The van der Waals surface area contributed by atoms with Gasteiger partial charge in [0, 0.05) is 23.0 Å². The molecule has 0 heterocycles. The molecule has 2 aromatic carbocycles. The third-order valence-corrected chi connectivity index (χ3v) is 5.25. The van der Waals surface area contributed by atoms with Gasteiger partial charge < -0.3 is 5.32 Å². The maximum absolute atomic E-state index is 12.1. The highest BCUT2D eigenvalue weighted by atomic mass is 35.5. The molecule has 2 N–H and O–H groups in total. The number of amides is 1. The van der Waals surface area contributed by atoms with Crippen molar-refractivity contribution < 1.29 is 13.2 Å². The van der Waals surface area contributed by atoms with E-state index in [0.29, 0.717) is 20.8 Å². The first-order chi connectivity index (χ1) is 11.3. The fraction of sp³-hybridized carbons (Fsp3) is 0.133. The van der Waals surface area contributed by atoms with Gasteiger partial charge in [-0.25, -0.2) is 13.1 Å². The number of carbonyl (C=O) groups is 1. The number of nitrogens with one attached hydrogen (secondary N) is 2. The van der Waals surface area contributed by atoms with Crippen LogP contribution in [0.2, 0.25) is 15.1 Å². The molecule has 0 aliphatic heterocycles. The predicted molar refractivity (Wildman–Crippen MR) is 96.3 cm³/mol. The highest BCUT2D eigenvalue weighted by molar-refractivity contribution is 7.89. The number of benzene rings is 2. The third-order valence-electron chi connectivity index (χ3n) is 2.97. The summed E-state index contributed by atoms with van der Waals surface area (Å²) in [5.74, 6) is -0.377. The average Bonchev–Trinajstić information content (AvgIpc) is 2.50. The van der Waals surface area contributed by atoms with Crippen molar-refractivity contribution in [3.8, 4) is 0 Å². The zero-order valence-electron chi connectivity index (χ0n) is 12.2. The quantitative estimate of drug-likeness (QED) is 0.761. The van der Waals surface area contributed by atoms with Crippen LogP contribution in [-0.4, -0.2) is 20.9 Å². The highest BCUT2D eigenvalue weighted by Gasteiger charge is 2.14. The molecule has 1 amide bonds. The second-order valence-electron chi connectivity index (χ2n) is 4.77. The third kappa shape index (κ3) is 5.36. The maximum atomic E-state index is 12.1. The molecule has 24 heavy (non-hydrogen) atoms. The van der Waals surface area contributed by atoms with E-state index in [4.69, 9.17) is 34.8 Å². The largest absolute Gasteiger partial charge is 0.325 e. The number of anilines is 1. The Kier molecular flexibility index (Phi) is 6.48. The van der Waals surface area contributed by atoms with Crippen LogP contribution in [0.3, 0.4) is 0 Å². The minimum Gasteiger partial charge on any atom is -0.325 e. The molecule has 0 spiro atoms. The van der Waals surface area contributed by atoms with E-state index in [1.54, 1.807) is 12.1 Å². The van der Waals surface area contributed by atoms with Gasteiger partial charge in [-0.1, -0.05) is 34.8 Å². The van der Waals surface area contributed by atoms with Crippen molar-refractivity contribution in [1.82, 2.24) is 4.72 Å². The molecule has 0 bridgehead atoms. The fourth-order valence-corrected chi connectivity index (χ4v) is 3.41. The van der Waals surface area contributed by atoms with E-state index in [1.165, 1.54) is 30.3 Å². The molecule has 0 saturated heterocycles. The second kappa shape index (κ2) is 8.18. The minimum absolute atomic E-state index is 0.0498. The Bertz CT molecular complexity index is 840. The van der Waals surface area contributed by atoms with Gasteiger partial charge in [-0.15, -0.1) is 0 Å². The van der Waals surface area contributed by atoms with Crippen LogP contribution in [-0.2, 0) is 14.8 Å². The van der Waals surface area contributed by atoms with Crippen molar-refractivity contribution in [2.75, 3.05) is 11.9 Å². The first-order valence-electron chi connectivity index (χ1n) is 6.78. The zero-order valence-corrected chi connectivity index (χ0v) is 15.3. The highest BCUT2D eigenvalue weighted by Crippen LogP contribution is 2.25. The summed E-state index contributed by atoms with van der Waals surface area (Å²) in [6, 6.07) is 10.4. The van der Waals surface area contributed by atoms with Gasteiger partial charge in [0.2, 0.25) is 15.9 Å². The summed E-state index contributed by atoms with van der Waals surface area (Å²) in [6.45, 7) is -0.0536. The minimum atomic E-state index is -3.69. The van der Waals surface area contributed by atoms with E-state index in [-0.39, 0.29) is 23.8 Å². The van der Waals surface area contributed by atoms with Crippen LogP contribution in [0.15, 0.2) is 47.4 Å². The van der Waals surface area contributed by atoms with Gasteiger partial charge in [0.1, 0.15) is 0 Å². The van der Waals surface area contributed by atoms with Crippen LogP contribution in [0.5, 0.6) is 0 Å². The molecule has 0 aromatic heterocycles. The summed E-state index contributed by atoms with van der Waals surface area (Å²) >= 11 is 17.4. The lowest BCUT2D eigenvalue weighted by molar-refractivity contribution is -0.116. The SMILES string of the molecule is O=C(CCNS(=O)(=O)c1ccc(Cl)cc1)Nc1ccc(Cl)cc1Cl. The van der Waals surface area contributed by atoms with Crippen LogP contribution in [0.25, 0.3) is 0 Å². The lowest BCUT2D eigenvalue weighted by Crippen LogP contribution is -2.27. The Morgan fingerprint density at radius 1 is 0.958 bits per heavy atom. The standard InChI is InChI=1S/C15H13Cl3N2O3S/c16-10-1-4-12(5-2-10)24(22,23)19-8-7-15(21)20-14-6-3-11(17)9-13(14)18/h1-6,9,19H,7-8H2,(H,20,21). The van der Waals surface area contributed by atoms with Crippen LogP contribution < -0.4 is 10.0 Å². The van der Waals surface area contributed by atoms with E-state index in [2.05, 4.69) is 10.0 Å². The Labute approximate surface area is 155 Å². The van der Waals surface area contributed by atoms with Gasteiger partial charge in [-0.05, 0) is 42.5 Å². The number of halogens is 3. The smallest absolute Gasteiger partial charge is 0.240 e. The zero-order chi connectivity index (χ0) is 17.7. The predicted octanol–water partition coefficient (Wildman–Crippen LogP) is 3.95. The van der Waals surface area contributed by atoms with Crippen molar-refractivity contribution in [2.24, 2.45) is 0 Å². The molecule has 0 fully saturated rings. The van der Waals surface area contributed by atoms with Crippen LogP contribution >= 0.6 is 34.8 Å². The number of carbonyl (C=O) groups excluding carboxylic acids is 1. The van der Waals surface area contributed by atoms with Gasteiger partial charge in [0.05, 0.1) is 15.6 Å². The average molecular weight is 408 g/mol. The molecule has 5 nitrogen and oxygen atoms in total. The number of hydrogen-bond acceptors (Lipinski definition) is 3. The summed E-state index contributed by atoms with van der Waals surface area (Å²) in [4.78, 5) is 11.9. The Morgan fingerprint density at radius 2 is 1.58 bits per heavy atom. The molecule has 0 unspecified atom stereocenters. The molecule has 2 aromatic rings. The molecule has 0 aliphatic carbocycles. The summed E-state index contributed by atoms with van der Waals surface area (Å²) in [5.41, 5.74) is 0.409. The van der Waals surface area contributed by atoms with Crippen LogP contribution in [0.1, 0.15) is 6.42 Å². The van der Waals surface area contributed by atoms with Crippen molar-refractivity contribution in [2.45, 2.75) is 11.3 Å². The van der Waals surface area contributed by atoms with E-state index >= 15 is 0 Å². The summed E-state index contributed by atoms with van der Waals surface area (Å²) < 4.78 is 26.5. The second-order valence-corrected chi connectivity index (χ2v) is 7.82. The van der Waals surface area contributed by atoms with Crippen molar-refractivity contribution in [1.29, 1.82) is 0 Å². The fourth-order valence-electron chi connectivity index (χ4n) is 1.80. The topological polar surface area (TPSA) is 75.3 Å². The first-order valence-corrected chi connectivity index (χ1v) is 9.40. The molecule has 2 rings (SSSR count). The van der Waals surface area contributed by atoms with Crippen molar-refractivity contribution in [3.63, 3.8) is 0 Å². The van der Waals surface area contributed by atoms with E-state index in [1.807, 2.05) is 0 Å². The molecule has 0 radical (unpaired) electrons. The van der Waals surface area contributed by atoms with Crippen molar-refractivity contribution in [3.05, 3.63) is 57.5 Å². The maximum Gasteiger partial charge on any atom is 0.240 e. The van der Waals surface area contributed by atoms with E-state index in [9.17, 15) is 13.2 Å². The Balaban J connectivity index is 1.89. The van der Waals surface area contributed by atoms with Crippen LogP contribution in [0, 0.1) is 0 Å². The Morgan fingerprint density at radius 3 is 2.21 bits per heavy atom. The van der Waals surface area contributed by atoms with Gasteiger partial charge >= 0.3 is 0 Å². The first kappa shape index (κ1) is 19.0. The summed E-state index contributed by atoms with van der Waals surface area (Å²) in [5, 5.41) is 3.78. The molecule has 0 saturated carbocycles. The van der Waals surface area contributed by atoms with E-state index < -0.39 is 10.0 Å². The molecule has 9 heteroatoms. The molecule has 0 atom stereocenters. The lowest BCUT2D eigenvalue weighted by Gasteiger charge is -2.09.